The van der Waals surface area contributed by atoms with E-state index in [1.807, 2.05) is 0 Å². The van der Waals surface area contributed by atoms with Crippen LogP contribution in [0.25, 0.3) is 0 Å². The van der Waals surface area contributed by atoms with Crippen molar-refractivity contribution >= 4 is 29.0 Å². The van der Waals surface area contributed by atoms with Crippen molar-refractivity contribution in [2.75, 3.05) is 42.9 Å². The van der Waals surface area contributed by atoms with E-state index in [0.717, 1.165) is 26.2 Å². The zero-order valence-electron chi connectivity index (χ0n) is 16.2. The zero-order valence-corrected chi connectivity index (χ0v) is 17.0. The van der Waals surface area contributed by atoms with Crippen molar-refractivity contribution in [3.8, 4) is 0 Å². The molecule has 1 heterocycles. The summed E-state index contributed by atoms with van der Waals surface area (Å²) < 4.78 is 25.4. The summed E-state index contributed by atoms with van der Waals surface area (Å²) in [5.41, 5.74) is 4.30. The first-order chi connectivity index (χ1) is 13.4. The number of amides is 1. The van der Waals surface area contributed by atoms with Crippen molar-refractivity contribution in [1.82, 2.24) is 0 Å². The number of hydrogen-bond donors (Lipinski definition) is 2. The predicted molar refractivity (Wildman–Crippen MR) is 111 cm³/mol. The fourth-order valence-corrected chi connectivity index (χ4v) is 4.10. The molecule has 0 unspecified atom stereocenters. The van der Waals surface area contributed by atoms with Crippen LogP contribution in [0.1, 0.15) is 11.1 Å². The van der Waals surface area contributed by atoms with Crippen LogP contribution in [0.5, 0.6) is 0 Å². The molecular weight excluding hydrogens is 380 g/mol. The number of thioether (sulfide) groups is 1. The van der Waals surface area contributed by atoms with Gasteiger partial charge < -0.3 is 15.1 Å². The Labute approximate surface area is 168 Å². The SMILES string of the molecule is Cc1cccc(N2CC[NH+](CC(=O)Nc3ccccc3SC(F)F)CC2)c1C. The van der Waals surface area contributed by atoms with E-state index < -0.39 is 5.76 Å². The Morgan fingerprint density at radius 1 is 1.14 bits per heavy atom. The van der Waals surface area contributed by atoms with Gasteiger partial charge in [-0.3, -0.25) is 4.79 Å². The molecule has 2 aromatic carbocycles. The second-order valence-corrected chi connectivity index (χ2v) is 8.09. The Hall–Kier alpha value is -2.12. The molecule has 0 aromatic heterocycles. The number of piperazine rings is 1. The summed E-state index contributed by atoms with van der Waals surface area (Å²) in [7, 11) is 0. The van der Waals surface area contributed by atoms with Gasteiger partial charge in [-0.15, -0.1) is 0 Å². The molecule has 4 nitrogen and oxygen atoms in total. The normalized spacial score (nSPS) is 15.1. The van der Waals surface area contributed by atoms with E-state index in [4.69, 9.17) is 0 Å². The molecule has 28 heavy (non-hydrogen) atoms. The Kier molecular flexibility index (Phi) is 6.91. The lowest BCUT2D eigenvalue weighted by Gasteiger charge is -2.34. The molecule has 3 rings (SSSR count). The number of nitrogens with one attached hydrogen (secondary N) is 2. The van der Waals surface area contributed by atoms with Gasteiger partial charge in [0.2, 0.25) is 0 Å². The third-order valence-corrected chi connectivity index (χ3v) is 5.96. The summed E-state index contributed by atoms with van der Waals surface area (Å²) in [6.45, 7) is 8.13. The summed E-state index contributed by atoms with van der Waals surface area (Å²) >= 11 is 0.452. The van der Waals surface area contributed by atoms with Gasteiger partial charge in [0.25, 0.3) is 11.7 Å². The lowest BCUT2D eigenvalue weighted by Crippen LogP contribution is -3.15. The number of halogens is 2. The fraction of sp³-hybridized carbons (Fsp3) is 0.381. The minimum atomic E-state index is -2.51. The second kappa shape index (κ2) is 9.39. The van der Waals surface area contributed by atoms with Crippen LogP contribution in [0, 0.1) is 13.8 Å². The van der Waals surface area contributed by atoms with Gasteiger partial charge in [-0.1, -0.05) is 36.0 Å². The first kappa shape index (κ1) is 20.6. The maximum Gasteiger partial charge on any atom is 0.288 e. The van der Waals surface area contributed by atoms with Crippen molar-refractivity contribution < 1.29 is 18.5 Å². The standard InChI is InChI=1S/C21H25F2N3OS/c1-15-6-5-8-18(16(15)2)26-12-10-25(11-13-26)14-20(27)24-17-7-3-4-9-19(17)28-21(22)23/h3-9,21H,10-14H2,1-2H3,(H,24,27)/p+1. The molecule has 1 fully saturated rings. The highest BCUT2D eigenvalue weighted by molar-refractivity contribution is 7.99. The number of benzene rings is 2. The van der Waals surface area contributed by atoms with Crippen molar-refractivity contribution in [2.24, 2.45) is 0 Å². The van der Waals surface area contributed by atoms with Crippen LogP contribution in [0.2, 0.25) is 0 Å². The van der Waals surface area contributed by atoms with E-state index in [2.05, 4.69) is 42.3 Å². The molecular formula is C21H26F2N3OS+. The van der Waals surface area contributed by atoms with Crippen LogP contribution in [0.3, 0.4) is 0 Å². The molecule has 0 atom stereocenters. The number of quaternary nitrogens is 1. The molecule has 0 aliphatic carbocycles. The number of hydrogen-bond acceptors (Lipinski definition) is 3. The van der Waals surface area contributed by atoms with Crippen molar-refractivity contribution in [1.29, 1.82) is 0 Å². The Morgan fingerprint density at radius 2 is 1.86 bits per heavy atom. The highest BCUT2D eigenvalue weighted by atomic mass is 32.2. The Morgan fingerprint density at radius 3 is 2.57 bits per heavy atom. The van der Waals surface area contributed by atoms with Crippen molar-refractivity contribution in [2.45, 2.75) is 24.5 Å². The van der Waals surface area contributed by atoms with Gasteiger partial charge in [-0.05, 0) is 43.2 Å². The van der Waals surface area contributed by atoms with Gasteiger partial charge in [0, 0.05) is 10.6 Å². The molecule has 0 bridgehead atoms. The lowest BCUT2D eigenvalue weighted by molar-refractivity contribution is -0.892. The van der Waals surface area contributed by atoms with Gasteiger partial charge in [0.1, 0.15) is 0 Å². The van der Waals surface area contributed by atoms with Gasteiger partial charge in [0.05, 0.1) is 31.9 Å². The van der Waals surface area contributed by atoms with Gasteiger partial charge in [-0.2, -0.15) is 8.78 Å². The fourth-order valence-electron chi connectivity index (χ4n) is 3.51. The highest BCUT2D eigenvalue weighted by Crippen LogP contribution is 2.31. The van der Waals surface area contributed by atoms with Crippen molar-refractivity contribution in [3.05, 3.63) is 53.6 Å². The van der Waals surface area contributed by atoms with E-state index in [9.17, 15) is 13.6 Å². The average molecular weight is 407 g/mol. The quantitative estimate of drug-likeness (QED) is 0.725. The topological polar surface area (TPSA) is 36.8 Å². The first-order valence-corrected chi connectivity index (χ1v) is 10.3. The highest BCUT2D eigenvalue weighted by Gasteiger charge is 2.24. The van der Waals surface area contributed by atoms with Gasteiger partial charge in [0.15, 0.2) is 6.54 Å². The molecule has 0 radical (unpaired) electrons. The minimum absolute atomic E-state index is 0.141. The van der Waals surface area contributed by atoms with Gasteiger partial charge >= 0.3 is 0 Å². The molecule has 150 valence electrons. The van der Waals surface area contributed by atoms with Crippen LogP contribution >= 0.6 is 11.8 Å². The number of aryl methyl sites for hydroxylation is 1. The number of para-hydroxylation sites is 1. The van der Waals surface area contributed by atoms with Crippen LogP contribution in [-0.2, 0) is 4.79 Å². The molecule has 7 heteroatoms. The molecule has 2 aromatic rings. The van der Waals surface area contributed by atoms with Crippen LogP contribution in [0.4, 0.5) is 20.2 Å². The maximum absolute atomic E-state index is 12.7. The van der Waals surface area contributed by atoms with Crippen LogP contribution in [0.15, 0.2) is 47.4 Å². The Balaban J connectivity index is 1.54. The number of carbonyl (C=O) groups is 1. The molecule has 0 spiro atoms. The number of alkyl halides is 2. The number of rotatable bonds is 6. The van der Waals surface area contributed by atoms with E-state index >= 15 is 0 Å². The predicted octanol–water partition coefficient (Wildman–Crippen LogP) is 2.96. The summed E-state index contributed by atoms with van der Waals surface area (Å²) in [5.74, 6) is -2.65. The third kappa shape index (κ3) is 5.23. The summed E-state index contributed by atoms with van der Waals surface area (Å²) in [6.07, 6.45) is 0. The zero-order chi connectivity index (χ0) is 20.1. The summed E-state index contributed by atoms with van der Waals surface area (Å²) in [6, 6.07) is 13.0. The van der Waals surface area contributed by atoms with Crippen LogP contribution < -0.4 is 15.1 Å². The molecule has 1 aliphatic rings. The Bertz CT molecular complexity index is 823. The molecule has 1 saturated heterocycles. The van der Waals surface area contributed by atoms with E-state index in [1.54, 1.807) is 24.3 Å². The third-order valence-electron chi connectivity index (χ3n) is 5.18. The van der Waals surface area contributed by atoms with E-state index in [-0.39, 0.29) is 5.91 Å². The largest absolute Gasteiger partial charge is 0.360 e. The molecule has 2 N–H and O–H groups in total. The average Bonchev–Trinajstić information content (AvgIpc) is 2.66. The monoisotopic (exact) mass is 406 g/mol. The lowest BCUT2D eigenvalue weighted by atomic mass is 10.1. The summed E-state index contributed by atoms with van der Waals surface area (Å²) in [5, 5.41) is 2.80. The molecule has 0 saturated carbocycles. The number of anilines is 2. The molecule has 1 aliphatic heterocycles. The summed E-state index contributed by atoms with van der Waals surface area (Å²) in [4.78, 5) is 16.4. The van der Waals surface area contributed by atoms with E-state index in [0.29, 0.717) is 28.9 Å². The number of nitrogens with zero attached hydrogens (tertiary/aromatic N) is 1. The van der Waals surface area contributed by atoms with Crippen molar-refractivity contribution in [3.63, 3.8) is 0 Å². The minimum Gasteiger partial charge on any atom is -0.360 e. The maximum atomic E-state index is 12.7. The second-order valence-electron chi connectivity index (χ2n) is 7.06. The first-order valence-electron chi connectivity index (χ1n) is 9.42. The molecule has 1 amide bonds. The van der Waals surface area contributed by atoms with Crippen LogP contribution in [-0.4, -0.2) is 44.4 Å². The van der Waals surface area contributed by atoms with Gasteiger partial charge in [-0.25, -0.2) is 0 Å². The smallest absolute Gasteiger partial charge is 0.288 e. The van der Waals surface area contributed by atoms with E-state index in [1.165, 1.54) is 21.7 Å². The number of carbonyl (C=O) groups excluding carboxylic acids is 1.